The summed E-state index contributed by atoms with van der Waals surface area (Å²) in [6, 6.07) is 7.72. The Labute approximate surface area is 160 Å². The van der Waals surface area contributed by atoms with Crippen molar-refractivity contribution in [1.82, 2.24) is 15.0 Å². The highest BCUT2D eigenvalue weighted by Crippen LogP contribution is 2.40. The van der Waals surface area contributed by atoms with Gasteiger partial charge >= 0.3 is 12.4 Å². The molecule has 0 amide bonds. The smallest absolute Gasteiger partial charge is 0.357 e. The van der Waals surface area contributed by atoms with Crippen molar-refractivity contribution in [2.45, 2.75) is 12.4 Å². The number of benzene rings is 1. The number of rotatable bonds is 4. The molecule has 2 aromatic heterocycles. The number of nitrogens with one attached hydrogen (secondary N) is 2. The first kappa shape index (κ1) is 20.4. The van der Waals surface area contributed by atoms with Gasteiger partial charge in [0, 0.05) is 19.3 Å². The van der Waals surface area contributed by atoms with E-state index < -0.39 is 29.2 Å². The standard InChI is InChI=1S/C18H13F6N5/c1-25-16-28-14(13-4-2-3-7-26-13)9-15(29-16)27-12-6-5-10(17(19,20)21)8-11(12)18(22,23)24/h2-9H,1H3,(H2,25,27,28,29). The summed E-state index contributed by atoms with van der Waals surface area (Å²) in [5.74, 6) is 0.0476. The first-order valence-corrected chi connectivity index (χ1v) is 8.11. The number of aromatic nitrogens is 3. The van der Waals surface area contributed by atoms with Crippen LogP contribution in [0.15, 0.2) is 48.7 Å². The Hall–Kier alpha value is -3.37. The van der Waals surface area contributed by atoms with E-state index in [1.54, 1.807) is 18.2 Å². The molecule has 11 heteroatoms. The van der Waals surface area contributed by atoms with Crippen LogP contribution < -0.4 is 10.6 Å². The van der Waals surface area contributed by atoms with Crippen LogP contribution in [0.2, 0.25) is 0 Å². The summed E-state index contributed by atoms with van der Waals surface area (Å²) in [6.07, 6.45) is -8.40. The second-order valence-electron chi connectivity index (χ2n) is 5.81. The van der Waals surface area contributed by atoms with E-state index in [0.717, 1.165) is 0 Å². The van der Waals surface area contributed by atoms with E-state index in [1.807, 2.05) is 0 Å². The van der Waals surface area contributed by atoms with Crippen LogP contribution in [0.1, 0.15) is 11.1 Å². The molecule has 0 unspecified atom stereocenters. The maximum atomic E-state index is 13.3. The van der Waals surface area contributed by atoms with Crippen LogP contribution in [-0.2, 0) is 12.4 Å². The fraction of sp³-hybridized carbons (Fsp3) is 0.167. The van der Waals surface area contributed by atoms with Crippen molar-refractivity contribution in [1.29, 1.82) is 0 Å². The number of halogens is 6. The lowest BCUT2D eigenvalue weighted by atomic mass is 10.1. The Morgan fingerprint density at radius 3 is 2.17 bits per heavy atom. The monoisotopic (exact) mass is 413 g/mol. The first-order valence-electron chi connectivity index (χ1n) is 8.11. The summed E-state index contributed by atoms with van der Waals surface area (Å²) in [5, 5.41) is 5.11. The van der Waals surface area contributed by atoms with Crippen molar-refractivity contribution < 1.29 is 26.3 Å². The number of nitrogens with zero attached hydrogens (tertiary/aromatic N) is 3. The van der Waals surface area contributed by atoms with Crippen molar-refractivity contribution in [2.75, 3.05) is 17.7 Å². The topological polar surface area (TPSA) is 62.7 Å². The van der Waals surface area contributed by atoms with E-state index in [4.69, 9.17) is 0 Å². The highest BCUT2D eigenvalue weighted by Gasteiger charge is 2.38. The molecule has 0 saturated carbocycles. The first-order chi connectivity index (χ1) is 13.6. The molecule has 1 aromatic carbocycles. The molecule has 2 heterocycles. The third-order valence-corrected chi connectivity index (χ3v) is 3.79. The molecule has 0 radical (unpaired) electrons. The number of alkyl halides is 6. The molecular formula is C18H13F6N5. The Kier molecular flexibility index (Phi) is 5.31. The van der Waals surface area contributed by atoms with Gasteiger partial charge in [-0.25, -0.2) is 4.98 Å². The Bertz CT molecular complexity index is 1000. The van der Waals surface area contributed by atoms with E-state index in [9.17, 15) is 26.3 Å². The summed E-state index contributed by atoms with van der Waals surface area (Å²) in [6.45, 7) is 0. The van der Waals surface area contributed by atoms with Gasteiger partial charge in [-0.05, 0) is 30.3 Å². The molecule has 29 heavy (non-hydrogen) atoms. The predicted octanol–water partition coefficient (Wildman–Crippen LogP) is 5.36. The Morgan fingerprint density at radius 2 is 1.59 bits per heavy atom. The molecule has 3 rings (SSSR count). The zero-order valence-electron chi connectivity index (χ0n) is 14.7. The van der Waals surface area contributed by atoms with Gasteiger partial charge in [0.2, 0.25) is 5.95 Å². The number of anilines is 3. The van der Waals surface area contributed by atoms with E-state index in [1.165, 1.54) is 19.3 Å². The van der Waals surface area contributed by atoms with Gasteiger partial charge in [0.25, 0.3) is 0 Å². The average Bonchev–Trinajstić information content (AvgIpc) is 2.67. The molecule has 0 fully saturated rings. The van der Waals surface area contributed by atoms with Crippen molar-refractivity contribution in [3.8, 4) is 11.4 Å². The lowest BCUT2D eigenvalue weighted by Crippen LogP contribution is -2.13. The molecule has 5 nitrogen and oxygen atoms in total. The van der Waals surface area contributed by atoms with Gasteiger partial charge in [-0.1, -0.05) is 6.07 Å². The minimum Gasteiger partial charge on any atom is -0.357 e. The van der Waals surface area contributed by atoms with Crippen molar-refractivity contribution in [2.24, 2.45) is 0 Å². The molecule has 0 aliphatic rings. The molecule has 152 valence electrons. The molecule has 2 N–H and O–H groups in total. The molecule has 3 aromatic rings. The quantitative estimate of drug-likeness (QED) is 0.564. The lowest BCUT2D eigenvalue weighted by Gasteiger charge is -2.17. The molecule has 0 aliphatic heterocycles. The van der Waals surface area contributed by atoms with E-state index in [2.05, 4.69) is 25.6 Å². The summed E-state index contributed by atoms with van der Waals surface area (Å²) in [7, 11) is 1.51. The van der Waals surface area contributed by atoms with Crippen LogP contribution in [0, 0.1) is 0 Å². The third-order valence-electron chi connectivity index (χ3n) is 3.79. The van der Waals surface area contributed by atoms with Gasteiger partial charge < -0.3 is 10.6 Å². The maximum absolute atomic E-state index is 13.3. The summed E-state index contributed by atoms with van der Waals surface area (Å²) in [5.41, 5.74) is -2.68. The fourth-order valence-corrected chi connectivity index (χ4v) is 2.47. The summed E-state index contributed by atoms with van der Waals surface area (Å²) < 4.78 is 78.5. The number of hydrogen-bond donors (Lipinski definition) is 2. The van der Waals surface area contributed by atoms with Crippen LogP contribution in [-0.4, -0.2) is 22.0 Å². The zero-order chi connectivity index (χ0) is 21.2. The van der Waals surface area contributed by atoms with Gasteiger partial charge in [0.1, 0.15) is 5.82 Å². The van der Waals surface area contributed by atoms with Gasteiger partial charge in [0.15, 0.2) is 0 Å². The lowest BCUT2D eigenvalue weighted by molar-refractivity contribution is -0.142. The van der Waals surface area contributed by atoms with Crippen LogP contribution in [0.25, 0.3) is 11.4 Å². The van der Waals surface area contributed by atoms with Crippen LogP contribution in [0.4, 0.5) is 43.8 Å². The summed E-state index contributed by atoms with van der Waals surface area (Å²) in [4.78, 5) is 12.3. The third kappa shape index (κ3) is 4.73. The SMILES string of the molecule is CNc1nc(Nc2ccc(C(F)(F)F)cc2C(F)(F)F)cc(-c2ccccn2)n1. The second kappa shape index (κ2) is 7.57. The largest absolute Gasteiger partial charge is 0.418 e. The molecule has 0 spiro atoms. The predicted molar refractivity (Wildman–Crippen MR) is 94.5 cm³/mol. The van der Waals surface area contributed by atoms with Crippen molar-refractivity contribution in [3.63, 3.8) is 0 Å². The van der Waals surface area contributed by atoms with E-state index in [0.29, 0.717) is 23.5 Å². The minimum absolute atomic E-state index is 0.0461. The van der Waals surface area contributed by atoms with Crippen molar-refractivity contribution in [3.05, 3.63) is 59.8 Å². The maximum Gasteiger partial charge on any atom is 0.418 e. The molecule has 0 saturated heterocycles. The number of hydrogen-bond acceptors (Lipinski definition) is 5. The van der Waals surface area contributed by atoms with Crippen LogP contribution in [0.5, 0.6) is 0 Å². The van der Waals surface area contributed by atoms with Crippen molar-refractivity contribution >= 4 is 17.5 Å². The highest BCUT2D eigenvalue weighted by molar-refractivity contribution is 5.67. The van der Waals surface area contributed by atoms with Gasteiger partial charge in [0.05, 0.1) is 28.2 Å². The van der Waals surface area contributed by atoms with Gasteiger partial charge in [-0.2, -0.15) is 31.3 Å². The minimum atomic E-state index is -5.01. The normalized spacial score (nSPS) is 12.0. The molecule has 0 atom stereocenters. The van der Waals surface area contributed by atoms with Gasteiger partial charge in [-0.15, -0.1) is 0 Å². The summed E-state index contributed by atoms with van der Waals surface area (Å²) >= 11 is 0. The highest BCUT2D eigenvalue weighted by atomic mass is 19.4. The van der Waals surface area contributed by atoms with E-state index >= 15 is 0 Å². The number of pyridine rings is 1. The fourth-order valence-electron chi connectivity index (χ4n) is 2.47. The molecular weight excluding hydrogens is 400 g/mol. The Morgan fingerprint density at radius 1 is 0.828 bits per heavy atom. The van der Waals surface area contributed by atoms with E-state index in [-0.39, 0.29) is 17.8 Å². The second-order valence-corrected chi connectivity index (χ2v) is 5.81. The molecule has 0 aliphatic carbocycles. The zero-order valence-corrected chi connectivity index (χ0v) is 14.7. The van der Waals surface area contributed by atoms with Gasteiger partial charge in [-0.3, -0.25) is 4.98 Å². The average molecular weight is 413 g/mol. The van der Waals surface area contributed by atoms with Crippen LogP contribution >= 0.6 is 0 Å². The Balaban J connectivity index is 2.06. The van der Waals surface area contributed by atoms with Crippen LogP contribution in [0.3, 0.4) is 0 Å². The molecule has 0 bridgehead atoms.